The van der Waals surface area contributed by atoms with Gasteiger partial charge in [-0.2, -0.15) is 0 Å². The zero-order valence-corrected chi connectivity index (χ0v) is 9.29. The minimum atomic E-state index is 0.957. The lowest BCUT2D eigenvalue weighted by molar-refractivity contribution is -0.0582. The molecule has 0 amide bonds. The molecule has 4 atom stereocenters. The standard InChI is InChI=1S/C12H23N/c1-4-5-13-8-11-10(3)6-9(2)7-12(11)13/h9-12H,4-8H2,1-3H3/t9?,10-,11?,12?/m1/s1. The molecule has 1 aliphatic heterocycles. The third-order valence-electron chi connectivity index (χ3n) is 4.07. The van der Waals surface area contributed by atoms with E-state index in [2.05, 4.69) is 25.7 Å². The largest absolute Gasteiger partial charge is 0.300 e. The van der Waals surface area contributed by atoms with Crippen molar-refractivity contribution in [2.24, 2.45) is 17.8 Å². The van der Waals surface area contributed by atoms with Gasteiger partial charge in [0.25, 0.3) is 0 Å². The summed E-state index contributed by atoms with van der Waals surface area (Å²) in [5.74, 6) is 3.00. The number of rotatable bonds is 2. The number of hydrogen-bond acceptors (Lipinski definition) is 1. The maximum atomic E-state index is 2.71. The van der Waals surface area contributed by atoms with Gasteiger partial charge in [-0.25, -0.2) is 0 Å². The van der Waals surface area contributed by atoms with Crippen molar-refractivity contribution >= 4 is 0 Å². The van der Waals surface area contributed by atoms with E-state index in [1.807, 2.05) is 0 Å². The van der Waals surface area contributed by atoms with Crippen LogP contribution in [0.5, 0.6) is 0 Å². The normalized spacial score (nSPS) is 45.5. The summed E-state index contributed by atoms with van der Waals surface area (Å²) in [7, 11) is 0. The zero-order chi connectivity index (χ0) is 9.42. The van der Waals surface area contributed by atoms with Crippen LogP contribution in [0.2, 0.25) is 0 Å². The van der Waals surface area contributed by atoms with Crippen LogP contribution in [0.3, 0.4) is 0 Å². The van der Waals surface area contributed by atoms with E-state index in [0.717, 1.165) is 23.8 Å². The average Bonchev–Trinajstić information content (AvgIpc) is 2.05. The molecule has 1 heterocycles. The first-order valence-corrected chi connectivity index (χ1v) is 5.96. The summed E-state index contributed by atoms with van der Waals surface area (Å²) < 4.78 is 0. The highest BCUT2D eigenvalue weighted by Crippen LogP contribution is 2.43. The smallest absolute Gasteiger partial charge is 0.0141 e. The maximum absolute atomic E-state index is 2.71. The van der Waals surface area contributed by atoms with Crippen LogP contribution >= 0.6 is 0 Å². The molecule has 1 saturated heterocycles. The quantitative estimate of drug-likeness (QED) is 0.633. The van der Waals surface area contributed by atoms with E-state index in [1.165, 1.54) is 32.4 Å². The molecule has 0 aromatic carbocycles. The Balaban J connectivity index is 1.91. The zero-order valence-electron chi connectivity index (χ0n) is 9.29. The minimum Gasteiger partial charge on any atom is -0.300 e. The second kappa shape index (κ2) is 3.61. The van der Waals surface area contributed by atoms with Gasteiger partial charge in [-0.15, -0.1) is 0 Å². The number of fused-ring (bicyclic) bond motifs is 1. The molecule has 0 radical (unpaired) electrons. The Bertz CT molecular complexity index is 178. The van der Waals surface area contributed by atoms with Gasteiger partial charge in [-0.1, -0.05) is 20.8 Å². The topological polar surface area (TPSA) is 3.24 Å². The van der Waals surface area contributed by atoms with Gasteiger partial charge < -0.3 is 0 Å². The van der Waals surface area contributed by atoms with E-state index >= 15 is 0 Å². The lowest BCUT2D eigenvalue weighted by Gasteiger charge is -2.55. The molecule has 76 valence electrons. The van der Waals surface area contributed by atoms with Gasteiger partial charge in [-0.3, -0.25) is 4.90 Å². The van der Waals surface area contributed by atoms with Gasteiger partial charge in [0.2, 0.25) is 0 Å². The van der Waals surface area contributed by atoms with Crippen LogP contribution in [-0.2, 0) is 0 Å². The Morgan fingerprint density at radius 2 is 2.00 bits per heavy atom. The molecular formula is C12H23N. The Hall–Kier alpha value is -0.0400. The van der Waals surface area contributed by atoms with E-state index in [1.54, 1.807) is 0 Å². The van der Waals surface area contributed by atoms with E-state index in [9.17, 15) is 0 Å². The molecule has 1 nitrogen and oxygen atoms in total. The summed E-state index contributed by atoms with van der Waals surface area (Å²) in [4.78, 5) is 2.71. The number of hydrogen-bond donors (Lipinski definition) is 0. The summed E-state index contributed by atoms with van der Waals surface area (Å²) >= 11 is 0. The summed E-state index contributed by atoms with van der Waals surface area (Å²) in [6.45, 7) is 9.90. The molecule has 2 rings (SSSR count). The minimum absolute atomic E-state index is 0.957. The third-order valence-corrected chi connectivity index (χ3v) is 4.07. The summed E-state index contributed by atoms with van der Waals surface area (Å²) in [5.41, 5.74) is 0. The molecule has 0 spiro atoms. The fourth-order valence-corrected chi connectivity index (χ4v) is 3.41. The predicted octanol–water partition coefficient (Wildman–Crippen LogP) is 2.76. The predicted molar refractivity (Wildman–Crippen MR) is 56.7 cm³/mol. The van der Waals surface area contributed by atoms with E-state index in [4.69, 9.17) is 0 Å². The van der Waals surface area contributed by atoms with Crippen LogP contribution < -0.4 is 0 Å². The highest BCUT2D eigenvalue weighted by molar-refractivity contribution is 4.98. The second-order valence-electron chi connectivity index (χ2n) is 5.28. The Morgan fingerprint density at radius 3 is 2.69 bits per heavy atom. The first kappa shape index (κ1) is 9.51. The molecule has 0 aromatic heterocycles. The molecular weight excluding hydrogens is 158 g/mol. The summed E-state index contributed by atoms with van der Waals surface area (Å²) in [6.07, 6.45) is 4.27. The molecule has 2 fully saturated rings. The van der Waals surface area contributed by atoms with Gasteiger partial charge in [0.15, 0.2) is 0 Å². The van der Waals surface area contributed by atoms with Gasteiger partial charge in [-0.05, 0) is 43.6 Å². The van der Waals surface area contributed by atoms with Crippen molar-refractivity contribution in [3.63, 3.8) is 0 Å². The maximum Gasteiger partial charge on any atom is 0.0141 e. The molecule has 3 unspecified atom stereocenters. The monoisotopic (exact) mass is 181 g/mol. The molecule has 1 saturated carbocycles. The van der Waals surface area contributed by atoms with Crippen LogP contribution in [0.25, 0.3) is 0 Å². The van der Waals surface area contributed by atoms with Crippen molar-refractivity contribution in [2.75, 3.05) is 13.1 Å². The molecule has 0 bridgehead atoms. The molecule has 1 aliphatic carbocycles. The van der Waals surface area contributed by atoms with Crippen molar-refractivity contribution in [3.05, 3.63) is 0 Å². The van der Waals surface area contributed by atoms with Gasteiger partial charge in [0.1, 0.15) is 0 Å². The SMILES string of the molecule is CCCN1CC2C1CC(C)C[C@H]2C. The van der Waals surface area contributed by atoms with Crippen molar-refractivity contribution in [3.8, 4) is 0 Å². The van der Waals surface area contributed by atoms with Crippen molar-refractivity contribution < 1.29 is 0 Å². The number of likely N-dealkylation sites (tertiary alicyclic amines) is 1. The van der Waals surface area contributed by atoms with Crippen LogP contribution in [-0.4, -0.2) is 24.0 Å². The number of nitrogens with zero attached hydrogens (tertiary/aromatic N) is 1. The van der Waals surface area contributed by atoms with Gasteiger partial charge in [0.05, 0.1) is 0 Å². The molecule has 0 N–H and O–H groups in total. The van der Waals surface area contributed by atoms with Crippen LogP contribution in [0, 0.1) is 17.8 Å². The molecule has 13 heavy (non-hydrogen) atoms. The van der Waals surface area contributed by atoms with E-state index in [0.29, 0.717) is 0 Å². The van der Waals surface area contributed by atoms with Crippen molar-refractivity contribution in [1.82, 2.24) is 4.90 Å². The van der Waals surface area contributed by atoms with Crippen LogP contribution in [0.1, 0.15) is 40.0 Å². The molecule has 1 heteroatoms. The Kier molecular flexibility index (Phi) is 2.64. The van der Waals surface area contributed by atoms with Crippen molar-refractivity contribution in [1.29, 1.82) is 0 Å². The summed E-state index contributed by atoms with van der Waals surface area (Å²) in [6, 6.07) is 0.957. The van der Waals surface area contributed by atoms with Crippen molar-refractivity contribution in [2.45, 2.75) is 46.1 Å². The lowest BCUT2D eigenvalue weighted by Crippen LogP contribution is -2.61. The highest BCUT2D eigenvalue weighted by Gasteiger charge is 2.44. The first-order chi connectivity index (χ1) is 6.22. The van der Waals surface area contributed by atoms with Crippen LogP contribution in [0.15, 0.2) is 0 Å². The Labute approximate surface area is 82.5 Å². The fraction of sp³-hybridized carbons (Fsp3) is 1.00. The third kappa shape index (κ3) is 1.63. The lowest BCUT2D eigenvalue weighted by atomic mass is 9.67. The molecule has 0 aromatic rings. The fourth-order valence-electron chi connectivity index (χ4n) is 3.41. The van der Waals surface area contributed by atoms with Gasteiger partial charge >= 0.3 is 0 Å². The van der Waals surface area contributed by atoms with E-state index in [-0.39, 0.29) is 0 Å². The second-order valence-corrected chi connectivity index (χ2v) is 5.28. The average molecular weight is 181 g/mol. The molecule has 2 aliphatic rings. The Morgan fingerprint density at radius 1 is 1.23 bits per heavy atom. The first-order valence-electron chi connectivity index (χ1n) is 5.96. The van der Waals surface area contributed by atoms with E-state index < -0.39 is 0 Å². The van der Waals surface area contributed by atoms with Crippen LogP contribution in [0.4, 0.5) is 0 Å². The summed E-state index contributed by atoms with van der Waals surface area (Å²) in [5, 5.41) is 0. The highest BCUT2D eigenvalue weighted by atomic mass is 15.2. The van der Waals surface area contributed by atoms with Gasteiger partial charge in [0, 0.05) is 12.6 Å².